The van der Waals surface area contributed by atoms with Crippen LogP contribution in [0.2, 0.25) is 0 Å². The Morgan fingerprint density at radius 1 is 0.875 bits per heavy atom. The van der Waals surface area contributed by atoms with Crippen LogP contribution in [0.5, 0.6) is 0 Å². The Morgan fingerprint density at radius 3 is 2.12 bits per heavy atom. The van der Waals surface area contributed by atoms with E-state index in [1.807, 2.05) is 6.21 Å². The van der Waals surface area contributed by atoms with Crippen molar-refractivity contribution in [1.82, 2.24) is 9.91 Å². The summed E-state index contributed by atoms with van der Waals surface area (Å²) in [5.74, 6) is 0. The van der Waals surface area contributed by atoms with Crippen LogP contribution < -0.4 is 0 Å². The molecule has 0 amide bonds. The molecule has 2 aromatic rings. The molecule has 0 aliphatic carbocycles. The van der Waals surface area contributed by atoms with E-state index < -0.39 is 0 Å². The van der Waals surface area contributed by atoms with Gasteiger partial charge in [-0.05, 0) is 30.0 Å². The summed E-state index contributed by atoms with van der Waals surface area (Å²) in [6.07, 6.45) is 3.06. The van der Waals surface area contributed by atoms with Crippen molar-refractivity contribution in [1.29, 1.82) is 0 Å². The first-order chi connectivity index (χ1) is 11.7. The molecule has 126 valence electrons. The third kappa shape index (κ3) is 4.68. The molecule has 1 aliphatic rings. The van der Waals surface area contributed by atoms with Crippen molar-refractivity contribution in [3.8, 4) is 0 Å². The highest BCUT2D eigenvalue weighted by atomic mass is 15.5. The molecule has 1 aliphatic heterocycles. The summed E-state index contributed by atoms with van der Waals surface area (Å²) >= 11 is 0. The first-order valence-corrected chi connectivity index (χ1v) is 8.88. The van der Waals surface area contributed by atoms with E-state index in [4.69, 9.17) is 0 Å². The molecule has 0 radical (unpaired) electrons. The van der Waals surface area contributed by atoms with Crippen LogP contribution in [-0.4, -0.2) is 42.3 Å². The zero-order valence-corrected chi connectivity index (χ0v) is 14.8. The number of hydrazone groups is 1. The van der Waals surface area contributed by atoms with Crippen molar-refractivity contribution in [3.63, 3.8) is 0 Å². The van der Waals surface area contributed by atoms with Crippen LogP contribution in [-0.2, 0) is 13.0 Å². The topological polar surface area (TPSA) is 18.8 Å². The summed E-state index contributed by atoms with van der Waals surface area (Å²) in [5.41, 5.74) is 5.27. The molecule has 0 bridgehead atoms. The molecule has 24 heavy (non-hydrogen) atoms. The molecule has 2 aromatic carbocycles. The first kappa shape index (κ1) is 16.7. The van der Waals surface area contributed by atoms with Crippen LogP contribution in [0.1, 0.15) is 29.2 Å². The van der Waals surface area contributed by atoms with Gasteiger partial charge in [0.2, 0.25) is 0 Å². The summed E-state index contributed by atoms with van der Waals surface area (Å²) in [6, 6.07) is 17.5. The Kier molecular flexibility index (Phi) is 5.65. The number of nitrogens with zero attached hydrogens (tertiary/aromatic N) is 3. The van der Waals surface area contributed by atoms with E-state index in [2.05, 4.69) is 77.4 Å². The highest BCUT2D eigenvalue weighted by Crippen LogP contribution is 2.10. The largest absolute Gasteiger partial charge is 0.295 e. The Morgan fingerprint density at radius 2 is 1.50 bits per heavy atom. The van der Waals surface area contributed by atoms with Gasteiger partial charge >= 0.3 is 0 Å². The van der Waals surface area contributed by atoms with Gasteiger partial charge in [0, 0.05) is 32.7 Å². The van der Waals surface area contributed by atoms with Crippen molar-refractivity contribution in [2.24, 2.45) is 5.10 Å². The Labute approximate surface area is 145 Å². The molecule has 3 nitrogen and oxygen atoms in total. The maximum Gasteiger partial charge on any atom is 0.0542 e. The van der Waals surface area contributed by atoms with Crippen molar-refractivity contribution in [3.05, 3.63) is 70.8 Å². The van der Waals surface area contributed by atoms with Crippen LogP contribution in [0.15, 0.2) is 53.6 Å². The minimum atomic E-state index is 0.995. The smallest absolute Gasteiger partial charge is 0.0542 e. The molecule has 0 atom stereocenters. The highest BCUT2D eigenvalue weighted by Gasteiger charge is 2.15. The molecule has 3 heteroatoms. The zero-order chi connectivity index (χ0) is 16.8. The minimum absolute atomic E-state index is 0.995. The van der Waals surface area contributed by atoms with E-state index in [-0.39, 0.29) is 0 Å². The fourth-order valence-corrected chi connectivity index (χ4v) is 2.95. The molecule has 0 saturated carbocycles. The minimum Gasteiger partial charge on any atom is -0.295 e. The lowest BCUT2D eigenvalue weighted by Crippen LogP contribution is -2.43. The van der Waals surface area contributed by atoms with Gasteiger partial charge in [0.1, 0.15) is 0 Å². The van der Waals surface area contributed by atoms with Crippen LogP contribution in [0.25, 0.3) is 0 Å². The fourth-order valence-electron chi connectivity index (χ4n) is 2.95. The average Bonchev–Trinajstić information content (AvgIpc) is 2.63. The molecule has 3 rings (SSSR count). The predicted octanol–water partition coefficient (Wildman–Crippen LogP) is 3.71. The summed E-state index contributed by atoms with van der Waals surface area (Å²) < 4.78 is 0. The lowest BCUT2D eigenvalue weighted by atomic mass is 10.1. The highest BCUT2D eigenvalue weighted by molar-refractivity contribution is 5.79. The van der Waals surface area contributed by atoms with Crippen molar-refractivity contribution in [2.45, 2.75) is 26.8 Å². The summed E-state index contributed by atoms with van der Waals surface area (Å²) in [5, 5.41) is 6.82. The Hall–Kier alpha value is -2.13. The molecule has 0 spiro atoms. The summed E-state index contributed by atoms with van der Waals surface area (Å²) in [4.78, 5) is 2.51. The SMILES string of the molecule is CCc1ccc(C=NN2CCN(Cc3ccc(C)cc3)CC2)cc1. The fraction of sp³-hybridized carbons (Fsp3) is 0.381. The van der Waals surface area contributed by atoms with Gasteiger partial charge in [0.15, 0.2) is 0 Å². The molecule has 0 unspecified atom stereocenters. The second kappa shape index (κ2) is 8.11. The van der Waals surface area contributed by atoms with Crippen LogP contribution >= 0.6 is 0 Å². The summed E-state index contributed by atoms with van der Waals surface area (Å²) in [6.45, 7) is 9.48. The van der Waals surface area contributed by atoms with Crippen molar-refractivity contribution < 1.29 is 0 Å². The number of hydrogen-bond acceptors (Lipinski definition) is 3. The Balaban J connectivity index is 1.47. The van der Waals surface area contributed by atoms with Gasteiger partial charge in [-0.25, -0.2) is 0 Å². The van der Waals surface area contributed by atoms with Gasteiger partial charge in [-0.3, -0.25) is 9.91 Å². The molecule has 0 aromatic heterocycles. The van der Waals surface area contributed by atoms with Crippen LogP contribution in [0.3, 0.4) is 0 Å². The first-order valence-electron chi connectivity index (χ1n) is 8.88. The number of benzene rings is 2. The van der Waals surface area contributed by atoms with Crippen molar-refractivity contribution >= 4 is 6.21 Å². The molecule has 1 heterocycles. The average molecular weight is 321 g/mol. The zero-order valence-electron chi connectivity index (χ0n) is 14.8. The number of aryl methyl sites for hydroxylation is 2. The van der Waals surface area contributed by atoms with E-state index in [0.29, 0.717) is 0 Å². The van der Waals surface area contributed by atoms with Gasteiger partial charge in [-0.2, -0.15) is 5.10 Å². The third-order valence-electron chi connectivity index (χ3n) is 4.63. The molecular weight excluding hydrogens is 294 g/mol. The van der Waals surface area contributed by atoms with Crippen LogP contribution in [0.4, 0.5) is 0 Å². The van der Waals surface area contributed by atoms with Gasteiger partial charge in [0.25, 0.3) is 0 Å². The predicted molar refractivity (Wildman–Crippen MR) is 101 cm³/mol. The quantitative estimate of drug-likeness (QED) is 0.782. The molecular formula is C21H27N3. The number of rotatable bonds is 5. The number of hydrogen-bond donors (Lipinski definition) is 0. The standard InChI is InChI=1S/C21H27N3/c1-3-19-8-10-20(11-9-19)16-22-24-14-12-23(13-15-24)17-21-6-4-18(2)5-7-21/h4-11,16H,3,12-15,17H2,1-2H3. The van der Waals surface area contributed by atoms with Gasteiger partial charge in [-0.15, -0.1) is 0 Å². The van der Waals surface area contributed by atoms with E-state index in [1.54, 1.807) is 0 Å². The third-order valence-corrected chi connectivity index (χ3v) is 4.63. The molecule has 1 saturated heterocycles. The maximum atomic E-state index is 4.64. The van der Waals surface area contributed by atoms with Crippen LogP contribution in [0, 0.1) is 6.92 Å². The van der Waals surface area contributed by atoms with Gasteiger partial charge in [-0.1, -0.05) is 61.0 Å². The second-order valence-corrected chi connectivity index (χ2v) is 6.56. The van der Waals surface area contributed by atoms with Gasteiger partial charge < -0.3 is 0 Å². The van der Waals surface area contributed by atoms with E-state index in [0.717, 1.165) is 39.1 Å². The van der Waals surface area contributed by atoms with Crippen molar-refractivity contribution in [2.75, 3.05) is 26.2 Å². The maximum absolute atomic E-state index is 4.64. The van der Waals surface area contributed by atoms with E-state index in [1.165, 1.54) is 22.3 Å². The normalized spacial score (nSPS) is 16.0. The van der Waals surface area contributed by atoms with E-state index >= 15 is 0 Å². The lowest BCUT2D eigenvalue weighted by molar-refractivity contribution is 0.131. The monoisotopic (exact) mass is 321 g/mol. The molecule has 0 N–H and O–H groups in total. The molecule has 1 fully saturated rings. The van der Waals surface area contributed by atoms with Gasteiger partial charge in [0.05, 0.1) is 6.21 Å². The Bertz CT molecular complexity index is 650. The summed E-state index contributed by atoms with van der Waals surface area (Å²) in [7, 11) is 0. The lowest BCUT2D eigenvalue weighted by Gasteiger charge is -2.33. The van der Waals surface area contributed by atoms with E-state index in [9.17, 15) is 0 Å². The number of piperazine rings is 1. The second-order valence-electron chi connectivity index (χ2n) is 6.56.